The van der Waals surface area contributed by atoms with Crippen LogP contribution in [0.3, 0.4) is 0 Å². The van der Waals surface area contributed by atoms with Gasteiger partial charge in [0.2, 0.25) is 5.95 Å². The lowest BCUT2D eigenvalue weighted by Gasteiger charge is -2.22. The first-order valence-electron chi connectivity index (χ1n) is 10.3. The van der Waals surface area contributed by atoms with Crippen LogP contribution in [0.1, 0.15) is 52.1 Å². The van der Waals surface area contributed by atoms with Gasteiger partial charge in [0.1, 0.15) is 12.1 Å². The molecule has 28 heavy (non-hydrogen) atoms. The third-order valence-electron chi connectivity index (χ3n) is 5.29. The van der Waals surface area contributed by atoms with Gasteiger partial charge in [0, 0.05) is 43.3 Å². The van der Waals surface area contributed by atoms with Crippen LogP contribution in [0, 0.1) is 0 Å². The Morgan fingerprint density at radius 2 is 1.96 bits per heavy atom. The molecular weight excluding hydrogens is 352 g/mol. The maximum Gasteiger partial charge on any atom is 0.229 e. The molecule has 1 atom stereocenters. The van der Waals surface area contributed by atoms with Crippen LogP contribution in [0.5, 0.6) is 0 Å². The van der Waals surface area contributed by atoms with Crippen molar-refractivity contribution in [2.24, 2.45) is 0 Å². The second-order valence-corrected chi connectivity index (χ2v) is 7.07. The van der Waals surface area contributed by atoms with Crippen molar-refractivity contribution in [3.63, 3.8) is 0 Å². The van der Waals surface area contributed by atoms with E-state index in [4.69, 9.17) is 19.8 Å². The third-order valence-corrected chi connectivity index (χ3v) is 5.29. The zero-order valence-electron chi connectivity index (χ0n) is 16.9. The Morgan fingerprint density at radius 1 is 1.11 bits per heavy atom. The summed E-state index contributed by atoms with van der Waals surface area (Å²) in [6.07, 6.45) is 6.17. The highest BCUT2D eigenvalue weighted by Crippen LogP contribution is 2.30. The van der Waals surface area contributed by atoms with E-state index in [0.29, 0.717) is 5.82 Å². The predicted molar refractivity (Wildman–Crippen MR) is 110 cm³/mol. The Bertz CT molecular complexity index is 943. The summed E-state index contributed by atoms with van der Waals surface area (Å²) < 4.78 is 7.87. The van der Waals surface area contributed by atoms with E-state index in [0.717, 1.165) is 67.2 Å². The molecule has 0 bridgehead atoms. The van der Waals surface area contributed by atoms with Gasteiger partial charge in [-0.3, -0.25) is 0 Å². The number of hydrogen-bond acceptors (Lipinski definition) is 6. The first kappa shape index (κ1) is 18.8. The number of nitrogens with zero attached hydrogens (tertiary/aromatic N) is 6. The lowest BCUT2D eigenvalue weighted by atomic mass is 10.1. The number of ether oxygens (including phenoxy) is 1. The van der Waals surface area contributed by atoms with Crippen molar-refractivity contribution in [2.75, 3.05) is 24.6 Å². The molecule has 1 unspecified atom stereocenters. The van der Waals surface area contributed by atoms with E-state index >= 15 is 0 Å². The number of benzene rings is 1. The van der Waals surface area contributed by atoms with Gasteiger partial charge in [-0.25, -0.2) is 9.67 Å². The fourth-order valence-electron chi connectivity index (χ4n) is 3.67. The van der Waals surface area contributed by atoms with Gasteiger partial charge in [0.25, 0.3) is 0 Å². The summed E-state index contributed by atoms with van der Waals surface area (Å²) >= 11 is 0. The molecule has 148 valence electrons. The van der Waals surface area contributed by atoms with Crippen molar-refractivity contribution in [1.29, 1.82) is 0 Å². The highest BCUT2D eigenvalue weighted by molar-refractivity contribution is 5.92. The Labute approximate surface area is 165 Å². The van der Waals surface area contributed by atoms with Crippen LogP contribution < -0.4 is 4.90 Å². The van der Waals surface area contributed by atoms with Crippen LogP contribution in [0.25, 0.3) is 22.3 Å². The van der Waals surface area contributed by atoms with E-state index in [-0.39, 0.29) is 6.23 Å². The quantitative estimate of drug-likeness (QED) is 0.644. The zero-order chi connectivity index (χ0) is 19.5. The predicted octanol–water partition coefficient (Wildman–Crippen LogP) is 4.00. The van der Waals surface area contributed by atoms with E-state index < -0.39 is 0 Å². The molecule has 0 N–H and O–H groups in total. The molecule has 1 aliphatic rings. The summed E-state index contributed by atoms with van der Waals surface area (Å²) in [6, 6.07) is 6.12. The molecule has 0 spiro atoms. The fourth-order valence-corrected chi connectivity index (χ4v) is 3.67. The summed E-state index contributed by atoms with van der Waals surface area (Å²) in [7, 11) is 0. The second-order valence-electron chi connectivity index (χ2n) is 7.07. The molecule has 3 heterocycles. The SMILES string of the molecule is CCc1nc(-c2cccc3nn(C4CCCCO4)cc23)nc(N(CC)CC)n1. The number of fused-ring (bicyclic) bond motifs is 1. The van der Waals surface area contributed by atoms with E-state index in [1.165, 1.54) is 6.42 Å². The van der Waals surface area contributed by atoms with Crippen LogP contribution in [0.15, 0.2) is 24.4 Å². The average molecular weight is 380 g/mol. The van der Waals surface area contributed by atoms with Crippen molar-refractivity contribution in [2.45, 2.75) is 52.7 Å². The van der Waals surface area contributed by atoms with Crippen LogP contribution in [0.4, 0.5) is 5.95 Å². The topological polar surface area (TPSA) is 69.0 Å². The van der Waals surface area contributed by atoms with Gasteiger partial charge in [-0.05, 0) is 39.2 Å². The van der Waals surface area contributed by atoms with E-state index in [2.05, 4.69) is 42.9 Å². The van der Waals surface area contributed by atoms with Gasteiger partial charge in [0.05, 0.1) is 5.52 Å². The summed E-state index contributed by atoms with van der Waals surface area (Å²) in [5.41, 5.74) is 1.93. The third kappa shape index (κ3) is 3.58. The van der Waals surface area contributed by atoms with Gasteiger partial charge in [-0.2, -0.15) is 15.1 Å². The van der Waals surface area contributed by atoms with Gasteiger partial charge >= 0.3 is 0 Å². The average Bonchev–Trinajstić information content (AvgIpc) is 3.19. The molecule has 4 rings (SSSR count). The van der Waals surface area contributed by atoms with Crippen molar-refractivity contribution < 1.29 is 4.74 Å². The summed E-state index contributed by atoms with van der Waals surface area (Å²) in [5.74, 6) is 2.27. The van der Waals surface area contributed by atoms with E-state index in [1.807, 2.05) is 16.8 Å². The highest BCUT2D eigenvalue weighted by Gasteiger charge is 2.19. The molecule has 1 aliphatic heterocycles. The molecule has 2 aromatic heterocycles. The number of aryl methyl sites for hydroxylation is 1. The number of hydrogen-bond donors (Lipinski definition) is 0. The Kier molecular flexibility index (Phi) is 5.52. The normalized spacial score (nSPS) is 17.2. The molecule has 7 heteroatoms. The number of rotatable bonds is 6. The minimum atomic E-state index is 0.0183. The molecule has 1 saturated heterocycles. The summed E-state index contributed by atoms with van der Waals surface area (Å²) in [5, 5.41) is 5.82. The minimum absolute atomic E-state index is 0.0183. The van der Waals surface area contributed by atoms with Crippen LogP contribution in [-0.4, -0.2) is 44.4 Å². The lowest BCUT2D eigenvalue weighted by molar-refractivity contribution is -0.0390. The van der Waals surface area contributed by atoms with Gasteiger partial charge in [-0.15, -0.1) is 0 Å². The molecule has 0 radical (unpaired) electrons. The number of aromatic nitrogens is 5. The van der Waals surface area contributed by atoms with E-state index in [9.17, 15) is 0 Å². The molecule has 0 saturated carbocycles. The van der Waals surface area contributed by atoms with Crippen molar-refractivity contribution in [3.8, 4) is 11.4 Å². The second kappa shape index (κ2) is 8.22. The molecular formula is C21H28N6O. The smallest absolute Gasteiger partial charge is 0.229 e. The van der Waals surface area contributed by atoms with Gasteiger partial charge in [-0.1, -0.05) is 19.1 Å². The van der Waals surface area contributed by atoms with E-state index in [1.54, 1.807) is 0 Å². The zero-order valence-corrected chi connectivity index (χ0v) is 16.9. The molecule has 0 aliphatic carbocycles. The fraction of sp³-hybridized carbons (Fsp3) is 0.524. The van der Waals surface area contributed by atoms with Gasteiger partial charge in [0.15, 0.2) is 5.82 Å². The largest absolute Gasteiger partial charge is 0.357 e. The van der Waals surface area contributed by atoms with Gasteiger partial charge < -0.3 is 9.64 Å². The Balaban J connectivity index is 1.80. The van der Waals surface area contributed by atoms with Crippen LogP contribution in [-0.2, 0) is 11.2 Å². The highest BCUT2D eigenvalue weighted by atomic mass is 16.5. The van der Waals surface area contributed by atoms with Crippen LogP contribution >= 0.6 is 0 Å². The standard InChI is InChI=1S/C21H28N6O/c1-4-18-22-20(24-21(23-18)26(5-2)6-3)15-10-9-11-17-16(15)14-27(25-17)19-12-7-8-13-28-19/h9-11,14,19H,4-8,12-13H2,1-3H3. The molecule has 3 aromatic rings. The first-order valence-corrected chi connectivity index (χ1v) is 10.3. The summed E-state index contributed by atoms with van der Waals surface area (Å²) in [6.45, 7) is 8.84. The van der Waals surface area contributed by atoms with Crippen molar-refractivity contribution in [3.05, 3.63) is 30.2 Å². The molecule has 7 nitrogen and oxygen atoms in total. The van der Waals surface area contributed by atoms with Crippen molar-refractivity contribution in [1.82, 2.24) is 24.7 Å². The van der Waals surface area contributed by atoms with Crippen molar-refractivity contribution >= 4 is 16.9 Å². The Morgan fingerprint density at radius 3 is 2.68 bits per heavy atom. The molecule has 1 fully saturated rings. The minimum Gasteiger partial charge on any atom is -0.357 e. The Hall–Kier alpha value is -2.54. The first-order chi connectivity index (χ1) is 13.7. The monoisotopic (exact) mass is 380 g/mol. The lowest BCUT2D eigenvalue weighted by Crippen LogP contribution is -2.25. The molecule has 0 amide bonds. The van der Waals surface area contributed by atoms with Crippen LogP contribution in [0.2, 0.25) is 0 Å². The maximum absolute atomic E-state index is 5.91. The maximum atomic E-state index is 5.91. The summed E-state index contributed by atoms with van der Waals surface area (Å²) in [4.78, 5) is 16.3. The molecule has 1 aromatic carbocycles. The number of anilines is 1.